The van der Waals surface area contributed by atoms with E-state index in [1.807, 2.05) is 0 Å². The highest BCUT2D eigenvalue weighted by molar-refractivity contribution is 6.32. The van der Waals surface area contributed by atoms with Crippen LogP contribution in [0.25, 0.3) is 0 Å². The highest BCUT2D eigenvalue weighted by atomic mass is 16.6. The normalized spacial score (nSPS) is 22.6. The van der Waals surface area contributed by atoms with Gasteiger partial charge in [0.25, 0.3) is 0 Å². The van der Waals surface area contributed by atoms with E-state index in [0.29, 0.717) is 6.10 Å². The minimum absolute atomic E-state index is 0.403. The fraction of sp³-hybridized carbons (Fsp3) is 0.250. The average molecular weight is 132 g/mol. The van der Waals surface area contributed by atoms with Crippen molar-refractivity contribution in [1.82, 2.24) is 0 Å². The Labute approximate surface area is 61.4 Å². The van der Waals surface area contributed by atoms with E-state index in [0.717, 1.165) is 6.61 Å². The standard InChI is InChI=1S/C8H9BO/c9-7-3-1-6(2-4-7)8-5-10-8/h1-4,8H,5,9H2/t8-/m1/s1. The van der Waals surface area contributed by atoms with Gasteiger partial charge in [0, 0.05) is 0 Å². The quantitative estimate of drug-likeness (QED) is 0.387. The summed E-state index contributed by atoms with van der Waals surface area (Å²) in [7, 11) is 2.09. The second-order valence-electron chi connectivity index (χ2n) is 2.73. The van der Waals surface area contributed by atoms with Crippen molar-refractivity contribution in [2.75, 3.05) is 6.61 Å². The van der Waals surface area contributed by atoms with E-state index >= 15 is 0 Å². The van der Waals surface area contributed by atoms with Crippen LogP contribution < -0.4 is 5.46 Å². The van der Waals surface area contributed by atoms with Crippen LogP contribution in [0.1, 0.15) is 11.7 Å². The third-order valence-electron chi connectivity index (χ3n) is 1.78. The maximum Gasteiger partial charge on any atom is 0.139 e. The molecule has 0 bridgehead atoms. The van der Waals surface area contributed by atoms with Gasteiger partial charge in [0.2, 0.25) is 0 Å². The molecular formula is C8H9BO. The molecule has 0 amide bonds. The minimum Gasteiger partial charge on any atom is -0.368 e. The number of hydrogen-bond donors (Lipinski definition) is 0. The van der Waals surface area contributed by atoms with Gasteiger partial charge in [-0.3, -0.25) is 0 Å². The molecule has 1 nitrogen and oxygen atoms in total. The lowest BCUT2D eigenvalue weighted by Gasteiger charge is -1.94. The Balaban J connectivity index is 2.28. The summed E-state index contributed by atoms with van der Waals surface area (Å²) in [4.78, 5) is 0. The third-order valence-corrected chi connectivity index (χ3v) is 1.78. The second kappa shape index (κ2) is 2.13. The molecular weight excluding hydrogens is 123 g/mol. The van der Waals surface area contributed by atoms with Gasteiger partial charge in [-0.05, 0) is 5.56 Å². The van der Waals surface area contributed by atoms with Crippen LogP contribution in [-0.4, -0.2) is 14.5 Å². The van der Waals surface area contributed by atoms with Crippen LogP contribution in [0.2, 0.25) is 0 Å². The molecule has 0 radical (unpaired) electrons. The summed E-state index contributed by atoms with van der Waals surface area (Å²) < 4.78 is 5.13. The SMILES string of the molecule is Bc1ccc([C@H]2CO2)cc1. The fourth-order valence-corrected chi connectivity index (χ4v) is 1.02. The predicted octanol–water partition coefficient (Wildman–Crippen LogP) is 0.0163. The summed E-state index contributed by atoms with van der Waals surface area (Å²) >= 11 is 0. The molecule has 0 N–H and O–H groups in total. The van der Waals surface area contributed by atoms with Gasteiger partial charge in [0.1, 0.15) is 14.0 Å². The van der Waals surface area contributed by atoms with Crippen LogP contribution >= 0.6 is 0 Å². The third kappa shape index (κ3) is 1.07. The summed E-state index contributed by atoms with van der Waals surface area (Å²) in [6.45, 7) is 0.906. The first kappa shape index (κ1) is 5.99. The van der Waals surface area contributed by atoms with Crippen molar-refractivity contribution in [3.8, 4) is 0 Å². The molecule has 50 valence electrons. The molecule has 2 rings (SSSR count). The largest absolute Gasteiger partial charge is 0.368 e. The second-order valence-corrected chi connectivity index (χ2v) is 2.73. The Hall–Kier alpha value is -0.755. The Bertz CT molecular complexity index is 226. The lowest BCUT2D eigenvalue weighted by atomic mass is 9.95. The molecule has 0 aliphatic carbocycles. The highest BCUT2D eigenvalue weighted by Crippen LogP contribution is 2.28. The van der Waals surface area contributed by atoms with Crippen LogP contribution in [0.4, 0.5) is 0 Å². The molecule has 1 aromatic rings. The molecule has 0 saturated carbocycles. The van der Waals surface area contributed by atoms with Gasteiger partial charge in [-0.2, -0.15) is 0 Å². The van der Waals surface area contributed by atoms with Crippen molar-refractivity contribution in [1.29, 1.82) is 0 Å². The molecule has 0 spiro atoms. The van der Waals surface area contributed by atoms with Gasteiger partial charge < -0.3 is 4.74 Å². The number of ether oxygens (including phenoxy) is 1. The molecule has 2 heteroatoms. The molecule has 1 aliphatic rings. The molecule has 10 heavy (non-hydrogen) atoms. The molecule has 1 atom stereocenters. The number of epoxide rings is 1. The summed E-state index contributed by atoms with van der Waals surface area (Å²) in [5.41, 5.74) is 2.62. The lowest BCUT2D eigenvalue weighted by Crippen LogP contribution is -1.99. The highest BCUT2D eigenvalue weighted by Gasteiger charge is 2.23. The summed E-state index contributed by atoms with van der Waals surface area (Å²) in [5.74, 6) is 0. The summed E-state index contributed by atoms with van der Waals surface area (Å²) in [6.07, 6.45) is 0.403. The summed E-state index contributed by atoms with van der Waals surface area (Å²) in [6, 6.07) is 8.51. The molecule has 1 heterocycles. The average Bonchev–Trinajstić information content (AvgIpc) is 2.71. The van der Waals surface area contributed by atoms with Gasteiger partial charge in [-0.15, -0.1) is 0 Å². The van der Waals surface area contributed by atoms with Gasteiger partial charge in [-0.1, -0.05) is 29.7 Å². The molecule has 1 fully saturated rings. The van der Waals surface area contributed by atoms with E-state index in [2.05, 4.69) is 32.1 Å². The van der Waals surface area contributed by atoms with Gasteiger partial charge in [0.05, 0.1) is 6.61 Å². The maximum atomic E-state index is 5.13. The zero-order valence-corrected chi connectivity index (χ0v) is 6.00. The topological polar surface area (TPSA) is 12.5 Å². The Morgan fingerprint density at radius 2 is 1.90 bits per heavy atom. The Morgan fingerprint density at radius 3 is 2.40 bits per heavy atom. The monoisotopic (exact) mass is 132 g/mol. The molecule has 0 aromatic heterocycles. The number of rotatable bonds is 1. The van der Waals surface area contributed by atoms with Crippen molar-refractivity contribution >= 4 is 13.3 Å². The van der Waals surface area contributed by atoms with E-state index in [9.17, 15) is 0 Å². The van der Waals surface area contributed by atoms with Crippen LogP contribution in [0.3, 0.4) is 0 Å². The summed E-state index contributed by atoms with van der Waals surface area (Å²) in [5, 5.41) is 0. The van der Waals surface area contributed by atoms with Crippen molar-refractivity contribution in [3.63, 3.8) is 0 Å². The fourth-order valence-electron chi connectivity index (χ4n) is 1.02. The Kier molecular flexibility index (Phi) is 1.28. The van der Waals surface area contributed by atoms with Gasteiger partial charge in [-0.25, -0.2) is 0 Å². The molecule has 1 aliphatic heterocycles. The zero-order valence-electron chi connectivity index (χ0n) is 6.00. The molecule has 1 aromatic carbocycles. The minimum atomic E-state index is 0.403. The number of benzene rings is 1. The maximum absolute atomic E-state index is 5.13. The van der Waals surface area contributed by atoms with Crippen molar-refractivity contribution in [3.05, 3.63) is 29.8 Å². The van der Waals surface area contributed by atoms with E-state index < -0.39 is 0 Å². The smallest absolute Gasteiger partial charge is 0.139 e. The molecule has 1 saturated heterocycles. The predicted molar refractivity (Wildman–Crippen MR) is 43.3 cm³/mol. The van der Waals surface area contributed by atoms with Gasteiger partial charge >= 0.3 is 0 Å². The van der Waals surface area contributed by atoms with E-state index in [1.165, 1.54) is 11.0 Å². The van der Waals surface area contributed by atoms with E-state index in [1.54, 1.807) is 0 Å². The first-order valence-corrected chi connectivity index (χ1v) is 3.54. The van der Waals surface area contributed by atoms with Crippen LogP contribution in [0.5, 0.6) is 0 Å². The zero-order chi connectivity index (χ0) is 6.97. The van der Waals surface area contributed by atoms with Crippen molar-refractivity contribution < 1.29 is 4.74 Å². The Morgan fingerprint density at radius 1 is 1.30 bits per heavy atom. The van der Waals surface area contributed by atoms with Crippen LogP contribution in [-0.2, 0) is 4.74 Å². The first-order chi connectivity index (χ1) is 4.86. The first-order valence-electron chi connectivity index (χ1n) is 3.54. The van der Waals surface area contributed by atoms with Gasteiger partial charge in [0.15, 0.2) is 0 Å². The van der Waals surface area contributed by atoms with Crippen molar-refractivity contribution in [2.24, 2.45) is 0 Å². The number of hydrogen-bond acceptors (Lipinski definition) is 1. The lowest BCUT2D eigenvalue weighted by molar-refractivity contribution is 0.415. The van der Waals surface area contributed by atoms with E-state index in [-0.39, 0.29) is 0 Å². The van der Waals surface area contributed by atoms with Crippen molar-refractivity contribution in [2.45, 2.75) is 6.10 Å². The van der Waals surface area contributed by atoms with Crippen LogP contribution in [0, 0.1) is 0 Å². The molecule has 0 unspecified atom stereocenters. The van der Waals surface area contributed by atoms with E-state index in [4.69, 9.17) is 4.74 Å². The van der Waals surface area contributed by atoms with Crippen LogP contribution in [0.15, 0.2) is 24.3 Å².